The molecule has 0 radical (unpaired) electrons. The Labute approximate surface area is 174 Å². The number of hydrogen-bond donors (Lipinski definition) is 0. The zero-order chi connectivity index (χ0) is 20.1. The molecule has 28 heavy (non-hydrogen) atoms. The molecule has 3 aliphatic rings. The molecule has 0 aliphatic heterocycles. The van der Waals surface area contributed by atoms with Gasteiger partial charge in [-0.1, -0.05) is 53.5 Å². The molecule has 0 spiro atoms. The first-order chi connectivity index (χ1) is 13.3. The van der Waals surface area contributed by atoms with Crippen LogP contribution in [0.4, 0.5) is 0 Å². The third-order valence-electron chi connectivity index (χ3n) is 9.69. The van der Waals surface area contributed by atoms with E-state index in [4.69, 9.17) is 0 Å². The van der Waals surface area contributed by atoms with E-state index in [0.717, 1.165) is 29.6 Å². The van der Waals surface area contributed by atoms with Gasteiger partial charge < -0.3 is 0 Å². The molecule has 0 heteroatoms. The Morgan fingerprint density at radius 1 is 0.964 bits per heavy atom. The van der Waals surface area contributed by atoms with E-state index in [2.05, 4.69) is 47.6 Å². The lowest BCUT2D eigenvalue weighted by atomic mass is 9.59. The van der Waals surface area contributed by atoms with Crippen LogP contribution in [0.25, 0.3) is 0 Å². The summed E-state index contributed by atoms with van der Waals surface area (Å²) in [5, 5.41) is 0. The van der Waals surface area contributed by atoms with Crippen LogP contribution in [0.2, 0.25) is 0 Å². The topological polar surface area (TPSA) is 0 Å². The molecule has 0 amide bonds. The summed E-state index contributed by atoms with van der Waals surface area (Å²) in [5.41, 5.74) is 9.25. The van der Waals surface area contributed by atoms with Crippen molar-refractivity contribution in [2.75, 3.05) is 0 Å². The standard InChI is InChI=1S/C28H44/c1-18(2)19(3)11-12-20(4)26-13-14-27-25-17-22-9-7-8-10-23(22)21(5)24(25)15-16-28(26,27)6/h17-20,26-27H,7-16H2,1-6H3/t19-,20+,26-,27-,28-/m1/s1. The molecule has 0 saturated heterocycles. The number of rotatable bonds is 5. The van der Waals surface area contributed by atoms with E-state index < -0.39 is 0 Å². The predicted octanol–water partition coefficient (Wildman–Crippen LogP) is 8.03. The predicted molar refractivity (Wildman–Crippen MR) is 122 cm³/mol. The lowest BCUT2D eigenvalue weighted by Gasteiger charge is -2.45. The summed E-state index contributed by atoms with van der Waals surface area (Å²) >= 11 is 0. The number of hydrogen-bond acceptors (Lipinski definition) is 0. The van der Waals surface area contributed by atoms with Crippen molar-refractivity contribution in [2.45, 2.75) is 112 Å². The van der Waals surface area contributed by atoms with E-state index in [0.29, 0.717) is 5.41 Å². The highest BCUT2D eigenvalue weighted by Crippen LogP contribution is 2.61. The van der Waals surface area contributed by atoms with Crippen LogP contribution in [0, 0.1) is 36.0 Å². The van der Waals surface area contributed by atoms with Crippen molar-refractivity contribution in [1.82, 2.24) is 0 Å². The SMILES string of the molecule is Cc1c2c(cc3c1CC[C@@]1(C)[C@@H]3CC[C@@H]1[C@@H](C)CC[C@@H](C)C(C)C)CCCC2. The molecule has 4 rings (SSSR count). The maximum atomic E-state index is 2.70. The van der Waals surface area contributed by atoms with Crippen LogP contribution in [-0.4, -0.2) is 0 Å². The molecule has 5 atom stereocenters. The zero-order valence-corrected chi connectivity index (χ0v) is 19.5. The van der Waals surface area contributed by atoms with E-state index in [1.807, 2.05) is 0 Å². The summed E-state index contributed by atoms with van der Waals surface area (Å²) in [7, 11) is 0. The average Bonchev–Trinajstić information content (AvgIpc) is 3.03. The fraction of sp³-hybridized carbons (Fsp3) is 0.786. The molecule has 0 heterocycles. The Morgan fingerprint density at radius 3 is 2.46 bits per heavy atom. The second-order valence-corrected chi connectivity index (χ2v) is 11.4. The fourth-order valence-electron chi connectivity index (χ4n) is 7.36. The van der Waals surface area contributed by atoms with E-state index in [1.54, 1.807) is 27.8 Å². The summed E-state index contributed by atoms with van der Waals surface area (Å²) in [5.74, 6) is 4.35. The molecule has 1 fully saturated rings. The lowest BCUT2D eigenvalue weighted by molar-refractivity contribution is 0.115. The normalized spacial score (nSPS) is 31.2. The van der Waals surface area contributed by atoms with Gasteiger partial charge >= 0.3 is 0 Å². The van der Waals surface area contributed by atoms with Gasteiger partial charge in [-0.25, -0.2) is 0 Å². The quantitative estimate of drug-likeness (QED) is 0.485. The summed E-state index contributed by atoms with van der Waals surface area (Å²) < 4.78 is 0. The third-order valence-corrected chi connectivity index (χ3v) is 9.69. The van der Waals surface area contributed by atoms with E-state index in [1.165, 1.54) is 64.2 Å². The Morgan fingerprint density at radius 2 is 1.71 bits per heavy atom. The highest BCUT2D eigenvalue weighted by atomic mass is 14.6. The highest BCUT2D eigenvalue weighted by molar-refractivity contribution is 5.50. The van der Waals surface area contributed by atoms with Gasteiger partial charge in [-0.3, -0.25) is 0 Å². The number of aryl methyl sites for hydroxylation is 1. The fourth-order valence-corrected chi connectivity index (χ4v) is 7.36. The van der Waals surface area contributed by atoms with Crippen LogP contribution in [0.15, 0.2) is 6.07 Å². The zero-order valence-electron chi connectivity index (χ0n) is 19.5. The van der Waals surface area contributed by atoms with Crippen molar-refractivity contribution in [3.05, 3.63) is 33.9 Å². The number of benzene rings is 1. The van der Waals surface area contributed by atoms with Gasteiger partial charge in [0.2, 0.25) is 0 Å². The molecule has 0 aromatic heterocycles. The van der Waals surface area contributed by atoms with Crippen LogP contribution in [0.1, 0.15) is 113 Å². The molecule has 1 aromatic carbocycles. The highest BCUT2D eigenvalue weighted by Gasteiger charge is 2.51. The van der Waals surface area contributed by atoms with E-state index >= 15 is 0 Å². The van der Waals surface area contributed by atoms with Crippen molar-refractivity contribution >= 4 is 0 Å². The van der Waals surface area contributed by atoms with Gasteiger partial charge in [0.15, 0.2) is 0 Å². The van der Waals surface area contributed by atoms with Gasteiger partial charge in [-0.2, -0.15) is 0 Å². The van der Waals surface area contributed by atoms with Gasteiger partial charge in [0.1, 0.15) is 0 Å². The van der Waals surface area contributed by atoms with Crippen LogP contribution in [0.3, 0.4) is 0 Å². The average molecular weight is 381 g/mol. The van der Waals surface area contributed by atoms with E-state index in [-0.39, 0.29) is 0 Å². The van der Waals surface area contributed by atoms with Crippen LogP contribution in [-0.2, 0) is 19.3 Å². The minimum absolute atomic E-state index is 0.544. The molecule has 0 N–H and O–H groups in total. The summed E-state index contributed by atoms with van der Waals surface area (Å²) in [6, 6.07) is 2.70. The van der Waals surface area contributed by atoms with E-state index in [9.17, 15) is 0 Å². The third kappa shape index (κ3) is 3.37. The first-order valence-corrected chi connectivity index (χ1v) is 12.5. The summed E-state index contributed by atoms with van der Waals surface area (Å²) in [4.78, 5) is 0. The Balaban J connectivity index is 1.57. The molecule has 1 saturated carbocycles. The van der Waals surface area contributed by atoms with Crippen molar-refractivity contribution in [2.24, 2.45) is 29.1 Å². The largest absolute Gasteiger partial charge is 0.0625 e. The van der Waals surface area contributed by atoms with Gasteiger partial charge in [0, 0.05) is 0 Å². The maximum absolute atomic E-state index is 2.70. The van der Waals surface area contributed by atoms with Crippen molar-refractivity contribution in [1.29, 1.82) is 0 Å². The minimum Gasteiger partial charge on any atom is -0.0625 e. The maximum Gasteiger partial charge on any atom is -0.0102 e. The second kappa shape index (κ2) is 7.81. The van der Waals surface area contributed by atoms with Gasteiger partial charge in [0.05, 0.1) is 0 Å². The van der Waals surface area contributed by atoms with Gasteiger partial charge in [-0.05, 0) is 121 Å². The Kier molecular flexibility index (Phi) is 5.71. The lowest BCUT2D eigenvalue weighted by Crippen LogP contribution is -2.36. The molecular weight excluding hydrogens is 336 g/mol. The summed E-state index contributed by atoms with van der Waals surface area (Å²) in [6.07, 6.45) is 14.0. The Bertz CT molecular complexity index is 711. The first kappa shape index (κ1) is 20.5. The van der Waals surface area contributed by atoms with Crippen molar-refractivity contribution in [3.8, 4) is 0 Å². The van der Waals surface area contributed by atoms with Crippen LogP contribution >= 0.6 is 0 Å². The molecule has 156 valence electrons. The molecule has 0 unspecified atom stereocenters. The molecule has 3 aliphatic carbocycles. The van der Waals surface area contributed by atoms with Crippen LogP contribution in [0.5, 0.6) is 0 Å². The van der Waals surface area contributed by atoms with Crippen LogP contribution < -0.4 is 0 Å². The molecular formula is C28H44. The van der Waals surface area contributed by atoms with Gasteiger partial charge in [-0.15, -0.1) is 0 Å². The van der Waals surface area contributed by atoms with Crippen molar-refractivity contribution in [3.63, 3.8) is 0 Å². The number of fused-ring (bicyclic) bond motifs is 4. The molecule has 0 nitrogen and oxygen atoms in total. The van der Waals surface area contributed by atoms with Crippen molar-refractivity contribution < 1.29 is 0 Å². The first-order valence-electron chi connectivity index (χ1n) is 12.5. The molecule has 1 aromatic rings. The monoisotopic (exact) mass is 380 g/mol. The van der Waals surface area contributed by atoms with Gasteiger partial charge in [0.25, 0.3) is 0 Å². The Hall–Kier alpha value is -0.780. The molecule has 0 bridgehead atoms. The smallest absolute Gasteiger partial charge is 0.0102 e. The minimum atomic E-state index is 0.544. The second-order valence-electron chi connectivity index (χ2n) is 11.4. The summed E-state index contributed by atoms with van der Waals surface area (Å²) in [6.45, 7) is 15.0.